The molecular formula is C32H48N6O2S. The molecule has 1 fully saturated rings. The number of para-hydroxylation sites is 1. The van der Waals surface area contributed by atoms with Gasteiger partial charge in [0, 0.05) is 38.3 Å². The van der Waals surface area contributed by atoms with Crippen molar-refractivity contribution >= 4 is 50.0 Å². The molecule has 1 saturated carbocycles. The summed E-state index contributed by atoms with van der Waals surface area (Å²) in [6, 6.07) is 8.23. The van der Waals surface area contributed by atoms with Crippen LogP contribution in [0.2, 0.25) is 0 Å². The summed E-state index contributed by atoms with van der Waals surface area (Å²) >= 11 is 1.58. The largest absolute Gasteiger partial charge is 0.336 e. The van der Waals surface area contributed by atoms with Crippen LogP contribution in [0.4, 0.5) is 11.5 Å². The molecule has 0 bridgehead atoms. The van der Waals surface area contributed by atoms with Crippen LogP contribution in [-0.2, 0) is 4.79 Å². The molecule has 1 aliphatic carbocycles. The van der Waals surface area contributed by atoms with Gasteiger partial charge in [0.2, 0.25) is 11.3 Å². The van der Waals surface area contributed by atoms with Crippen LogP contribution < -0.4 is 15.6 Å². The summed E-state index contributed by atoms with van der Waals surface area (Å²) in [6.45, 7) is 13.8. The van der Waals surface area contributed by atoms with Crippen molar-refractivity contribution in [2.24, 2.45) is 16.8 Å². The molecule has 3 aromatic rings. The highest BCUT2D eigenvalue weighted by Gasteiger charge is 2.37. The lowest BCUT2D eigenvalue weighted by Gasteiger charge is -2.33. The number of likely N-dealkylation sites (N-methyl/N-ethyl adjacent to an activating group) is 1. The molecule has 9 heteroatoms. The standard InChI is InChI=1S/C30H42N6O2S.C2H6/c1-6-15-34(16-9-10-20(2)3)30-31-19-22-26(37)25(35(18-17-33(4)5)28(38)21-13-14-21)29-36(27(22)32-30)23-11-7-8-12-24(23)39-29;1-2/h7-8,11-12,19-21,30,32H,6,9-10,13-18H2,1-5H3;1-2H3. The van der Waals surface area contributed by atoms with Crippen LogP contribution >= 0.6 is 11.3 Å². The molecule has 0 radical (unpaired) electrons. The molecule has 1 amide bonds. The number of aromatic nitrogens is 1. The SMILES string of the molecule is CC.CCCN(CCCC(C)C)C1N=Cc2c(n3c(sc4ccccc43)c(N(CCN(C)C)C(=O)C3CC3)c2=O)N1. The highest BCUT2D eigenvalue weighted by Crippen LogP contribution is 2.39. The topological polar surface area (TPSA) is 72.7 Å². The zero-order valence-electron chi connectivity index (χ0n) is 25.9. The molecule has 2 aromatic heterocycles. The van der Waals surface area contributed by atoms with Crippen molar-refractivity contribution in [2.75, 3.05) is 50.5 Å². The number of carbonyl (C=O) groups excluding carboxylic acids is 1. The number of nitrogens with one attached hydrogen (secondary N) is 1. The summed E-state index contributed by atoms with van der Waals surface area (Å²) in [4.78, 5) is 39.7. The van der Waals surface area contributed by atoms with Crippen LogP contribution in [0.15, 0.2) is 34.1 Å². The third-order valence-corrected chi connectivity index (χ3v) is 8.72. The first-order chi connectivity index (χ1) is 19.8. The lowest BCUT2D eigenvalue weighted by molar-refractivity contribution is -0.119. The zero-order chi connectivity index (χ0) is 29.7. The Morgan fingerprint density at radius 1 is 1.12 bits per heavy atom. The van der Waals surface area contributed by atoms with Gasteiger partial charge in [-0.3, -0.25) is 23.9 Å². The lowest BCUT2D eigenvalue weighted by Crippen LogP contribution is -2.45. The van der Waals surface area contributed by atoms with E-state index < -0.39 is 0 Å². The van der Waals surface area contributed by atoms with Gasteiger partial charge in [0.15, 0.2) is 6.29 Å². The fourth-order valence-electron chi connectivity index (χ4n) is 5.34. The van der Waals surface area contributed by atoms with Crippen molar-refractivity contribution in [1.29, 1.82) is 0 Å². The van der Waals surface area contributed by atoms with Gasteiger partial charge in [0.25, 0.3) is 0 Å². The average Bonchev–Trinajstić information content (AvgIpc) is 3.74. The first kappa shape index (κ1) is 31.2. The highest BCUT2D eigenvalue weighted by molar-refractivity contribution is 7.24. The third-order valence-electron chi connectivity index (χ3n) is 7.58. The van der Waals surface area contributed by atoms with E-state index in [0.717, 1.165) is 59.6 Å². The van der Waals surface area contributed by atoms with Crippen molar-refractivity contribution in [1.82, 2.24) is 14.2 Å². The van der Waals surface area contributed by atoms with Crippen molar-refractivity contribution in [3.8, 4) is 0 Å². The molecule has 0 saturated heterocycles. The zero-order valence-corrected chi connectivity index (χ0v) is 26.8. The Kier molecular flexibility index (Phi) is 10.6. The van der Waals surface area contributed by atoms with Crippen LogP contribution in [0.1, 0.15) is 72.3 Å². The number of hydrogen-bond donors (Lipinski definition) is 1. The lowest BCUT2D eigenvalue weighted by atomic mass is 10.1. The first-order valence-electron chi connectivity index (χ1n) is 15.4. The quantitative estimate of drug-likeness (QED) is 0.279. The van der Waals surface area contributed by atoms with E-state index in [-0.39, 0.29) is 23.5 Å². The predicted molar refractivity (Wildman–Crippen MR) is 175 cm³/mol. The van der Waals surface area contributed by atoms with E-state index in [9.17, 15) is 9.59 Å². The Morgan fingerprint density at radius 2 is 1.85 bits per heavy atom. The van der Waals surface area contributed by atoms with Gasteiger partial charge in [-0.1, -0.05) is 46.8 Å². The van der Waals surface area contributed by atoms with Gasteiger partial charge < -0.3 is 15.1 Å². The smallest absolute Gasteiger partial charge is 0.230 e. The molecule has 224 valence electrons. The molecule has 1 N–H and O–H groups in total. The summed E-state index contributed by atoms with van der Waals surface area (Å²) in [5.74, 6) is 1.51. The van der Waals surface area contributed by atoms with E-state index in [1.807, 2.05) is 40.1 Å². The van der Waals surface area contributed by atoms with E-state index in [4.69, 9.17) is 4.99 Å². The average molecular weight is 581 g/mol. The maximum atomic E-state index is 14.2. The van der Waals surface area contributed by atoms with Crippen molar-refractivity contribution in [3.63, 3.8) is 0 Å². The summed E-state index contributed by atoms with van der Waals surface area (Å²) in [5, 5.41) is 3.65. The van der Waals surface area contributed by atoms with Gasteiger partial charge in [-0.15, -0.1) is 11.3 Å². The summed E-state index contributed by atoms with van der Waals surface area (Å²) in [6.07, 6.45) is 6.62. The molecule has 1 aromatic carbocycles. The fourth-order valence-corrected chi connectivity index (χ4v) is 6.54. The number of pyridine rings is 1. The second-order valence-corrected chi connectivity index (χ2v) is 12.6. The summed E-state index contributed by atoms with van der Waals surface area (Å²) < 4.78 is 3.24. The Hall–Kier alpha value is -2.75. The van der Waals surface area contributed by atoms with Crippen molar-refractivity contribution in [2.45, 2.75) is 73.0 Å². The Morgan fingerprint density at radius 3 is 2.51 bits per heavy atom. The number of anilines is 2. The Labute approximate surface area is 249 Å². The van der Waals surface area contributed by atoms with Crippen LogP contribution in [0, 0.1) is 11.8 Å². The van der Waals surface area contributed by atoms with Gasteiger partial charge in [-0.2, -0.15) is 0 Å². The Bertz CT molecular complexity index is 1420. The number of amides is 1. The number of hydrogen-bond acceptors (Lipinski definition) is 7. The van der Waals surface area contributed by atoms with E-state index in [1.54, 1.807) is 22.5 Å². The monoisotopic (exact) mass is 580 g/mol. The van der Waals surface area contributed by atoms with E-state index in [2.05, 4.69) is 52.4 Å². The van der Waals surface area contributed by atoms with Crippen molar-refractivity contribution < 1.29 is 4.79 Å². The molecule has 2 aliphatic rings. The van der Waals surface area contributed by atoms with Gasteiger partial charge in [0.05, 0.1) is 15.8 Å². The number of rotatable bonds is 12. The van der Waals surface area contributed by atoms with Gasteiger partial charge >= 0.3 is 0 Å². The number of carbonyl (C=O) groups is 1. The van der Waals surface area contributed by atoms with E-state index in [0.29, 0.717) is 30.3 Å². The summed E-state index contributed by atoms with van der Waals surface area (Å²) in [7, 11) is 3.99. The fraction of sp³-hybridized carbons (Fsp3) is 0.594. The second-order valence-electron chi connectivity index (χ2n) is 11.6. The predicted octanol–water partition coefficient (Wildman–Crippen LogP) is 6.12. The van der Waals surface area contributed by atoms with Gasteiger partial charge in [-0.05, 0) is 64.3 Å². The molecule has 1 unspecified atom stereocenters. The molecule has 0 spiro atoms. The minimum Gasteiger partial charge on any atom is -0.336 e. The molecule has 5 rings (SSSR count). The third kappa shape index (κ3) is 6.84. The molecule has 3 heterocycles. The van der Waals surface area contributed by atoms with Crippen LogP contribution in [0.5, 0.6) is 0 Å². The molecule has 1 atom stereocenters. The normalized spacial score (nSPS) is 16.3. The number of fused-ring (bicyclic) bond motifs is 5. The van der Waals surface area contributed by atoms with Gasteiger partial charge in [-0.25, -0.2) is 0 Å². The number of thiazole rings is 1. The number of nitrogens with zero attached hydrogens (tertiary/aromatic N) is 5. The minimum absolute atomic E-state index is 0.0154. The number of benzene rings is 1. The highest BCUT2D eigenvalue weighted by atomic mass is 32.1. The maximum absolute atomic E-state index is 14.2. The molecule has 41 heavy (non-hydrogen) atoms. The first-order valence-corrected chi connectivity index (χ1v) is 16.2. The Balaban J connectivity index is 0.00000189. The molecular weight excluding hydrogens is 532 g/mol. The van der Waals surface area contributed by atoms with Gasteiger partial charge in [0.1, 0.15) is 16.3 Å². The minimum atomic E-state index is -0.234. The number of aliphatic imine (C=N–C) groups is 1. The second kappa shape index (κ2) is 13.9. The maximum Gasteiger partial charge on any atom is 0.230 e. The van der Waals surface area contributed by atoms with Crippen LogP contribution in [0.3, 0.4) is 0 Å². The van der Waals surface area contributed by atoms with Crippen LogP contribution in [0.25, 0.3) is 15.0 Å². The summed E-state index contributed by atoms with van der Waals surface area (Å²) in [5.41, 5.74) is 1.92. The molecule has 8 nitrogen and oxygen atoms in total. The van der Waals surface area contributed by atoms with Crippen molar-refractivity contribution in [3.05, 3.63) is 40.1 Å². The van der Waals surface area contributed by atoms with E-state index in [1.165, 1.54) is 6.42 Å². The van der Waals surface area contributed by atoms with E-state index >= 15 is 0 Å². The van der Waals surface area contributed by atoms with Crippen LogP contribution in [-0.4, -0.2) is 72.9 Å². The molecule has 1 aliphatic heterocycles.